The highest BCUT2D eigenvalue weighted by atomic mass is 15.3. The molecule has 4 nitrogen and oxygen atoms in total. The summed E-state index contributed by atoms with van der Waals surface area (Å²) in [6.45, 7) is 0.967. The van der Waals surface area contributed by atoms with Gasteiger partial charge in [0, 0.05) is 12.6 Å². The fraction of sp³-hybridized carbons (Fsp3) is 0.933. The third kappa shape index (κ3) is 3.85. The summed E-state index contributed by atoms with van der Waals surface area (Å²) in [6.07, 6.45) is 12.3. The Bertz CT molecular complexity index is 302. The SMILES string of the molecule is NNC(=NCC(C1CC1)C1CC1)NC1CCCCC1. The molecule has 19 heavy (non-hydrogen) atoms. The van der Waals surface area contributed by atoms with Gasteiger partial charge < -0.3 is 5.32 Å². The lowest BCUT2D eigenvalue weighted by atomic mass is 9.96. The highest BCUT2D eigenvalue weighted by molar-refractivity contribution is 5.79. The second kappa shape index (κ2) is 6.12. The molecular weight excluding hydrogens is 236 g/mol. The molecule has 3 aliphatic carbocycles. The monoisotopic (exact) mass is 264 g/mol. The number of hydrogen-bond acceptors (Lipinski definition) is 2. The minimum Gasteiger partial charge on any atom is -0.353 e. The lowest BCUT2D eigenvalue weighted by Gasteiger charge is -2.24. The molecule has 0 aromatic heterocycles. The maximum absolute atomic E-state index is 5.62. The first-order valence-electron chi connectivity index (χ1n) is 8.14. The number of nitrogens with two attached hydrogens (primary N) is 1. The number of nitrogens with one attached hydrogen (secondary N) is 2. The van der Waals surface area contributed by atoms with E-state index in [9.17, 15) is 0 Å². The van der Waals surface area contributed by atoms with Gasteiger partial charge in [-0.2, -0.15) is 0 Å². The van der Waals surface area contributed by atoms with Gasteiger partial charge in [0.2, 0.25) is 5.96 Å². The maximum atomic E-state index is 5.62. The van der Waals surface area contributed by atoms with Gasteiger partial charge in [-0.05, 0) is 56.3 Å². The summed E-state index contributed by atoms with van der Waals surface area (Å²) in [7, 11) is 0. The molecule has 0 unspecified atom stereocenters. The van der Waals surface area contributed by atoms with Gasteiger partial charge >= 0.3 is 0 Å². The van der Waals surface area contributed by atoms with E-state index in [1.807, 2.05) is 0 Å². The first kappa shape index (κ1) is 13.2. The number of aliphatic imine (C=N–C) groups is 1. The van der Waals surface area contributed by atoms with Crippen molar-refractivity contribution >= 4 is 5.96 Å². The largest absolute Gasteiger partial charge is 0.353 e. The predicted molar refractivity (Wildman–Crippen MR) is 78.6 cm³/mol. The summed E-state index contributed by atoms with van der Waals surface area (Å²) >= 11 is 0. The van der Waals surface area contributed by atoms with E-state index in [1.54, 1.807) is 0 Å². The number of guanidine groups is 1. The first-order valence-corrected chi connectivity index (χ1v) is 8.14. The van der Waals surface area contributed by atoms with Crippen LogP contribution in [0.2, 0.25) is 0 Å². The Hall–Kier alpha value is -0.770. The van der Waals surface area contributed by atoms with E-state index >= 15 is 0 Å². The zero-order chi connectivity index (χ0) is 13.1. The molecule has 3 rings (SSSR count). The molecule has 108 valence electrons. The van der Waals surface area contributed by atoms with Crippen molar-refractivity contribution in [3.63, 3.8) is 0 Å². The molecule has 0 bridgehead atoms. The van der Waals surface area contributed by atoms with E-state index in [2.05, 4.69) is 10.7 Å². The van der Waals surface area contributed by atoms with Crippen LogP contribution in [0, 0.1) is 17.8 Å². The fourth-order valence-corrected chi connectivity index (χ4v) is 3.50. The van der Waals surface area contributed by atoms with E-state index in [4.69, 9.17) is 10.8 Å². The predicted octanol–water partition coefficient (Wildman–Crippen LogP) is 2.16. The van der Waals surface area contributed by atoms with Gasteiger partial charge in [0.05, 0.1) is 0 Å². The summed E-state index contributed by atoms with van der Waals surface area (Å²) in [6, 6.07) is 0.573. The molecule has 3 aliphatic rings. The van der Waals surface area contributed by atoms with E-state index in [0.29, 0.717) is 6.04 Å². The summed E-state index contributed by atoms with van der Waals surface area (Å²) in [5, 5.41) is 3.49. The minimum atomic E-state index is 0.573. The van der Waals surface area contributed by atoms with Crippen LogP contribution in [-0.2, 0) is 0 Å². The minimum absolute atomic E-state index is 0.573. The van der Waals surface area contributed by atoms with Crippen LogP contribution in [0.25, 0.3) is 0 Å². The number of nitrogens with zero attached hydrogens (tertiary/aromatic N) is 1. The van der Waals surface area contributed by atoms with E-state index in [0.717, 1.165) is 30.3 Å². The molecule has 0 aromatic carbocycles. The molecule has 4 N–H and O–H groups in total. The van der Waals surface area contributed by atoms with Gasteiger partial charge in [0.1, 0.15) is 0 Å². The molecular formula is C15H28N4. The van der Waals surface area contributed by atoms with Crippen molar-refractivity contribution in [3.05, 3.63) is 0 Å². The molecule has 0 spiro atoms. The lowest BCUT2D eigenvalue weighted by Crippen LogP contribution is -2.47. The van der Waals surface area contributed by atoms with Gasteiger partial charge in [-0.1, -0.05) is 19.3 Å². The molecule has 0 amide bonds. The average Bonchev–Trinajstić information content (AvgIpc) is 3.31. The Morgan fingerprint density at radius 3 is 2.16 bits per heavy atom. The van der Waals surface area contributed by atoms with Crippen molar-refractivity contribution in [2.24, 2.45) is 28.6 Å². The topological polar surface area (TPSA) is 62.4 Å². The molecule has 0 aromatic rings. The third-order valence-electron chi connectivity index (χ3n) is 5.00. The van der Waals surface area contributed by atoms with Gasteiger partial charge in [-0.3, -0.25) is 10.4 Å². The Balaban J connectivity index is 1.49. The van der Waals surface area contributed by atoms with Gasteiger partial charge in [-0.15, -0.1) is 0 Å². The summed E-state index contributed by atoms with van der Waals surface area (Å²) < 4.78 is 0. The van der Waals surface area contributed by atoms with E-state index in [-0.39, 0.29) is 0 Å². The second-order valence-corrected chi connectivity index (χ2v) is 6.65. The highest BCUT2D eigenvalue weighted by Gasteiger charge is 2.41. The van der Waals surface area contributed by atoms with Gasteiger partial charge in [0.15, 0.2) is 0 Å². The molecule has 0 radical (unpaired) electrons. The molecule has 0 heterocycles. The van der Waals surface area contributed by atoms with Crippen LogP contribution < -0.4 is 16.6 Å². The van der Waals surface area contributed by atoms with Crippen molar-refractivity contribution in [1.82, 2.24) is 10.7 Å². The number of hydrazine groups is 1. The zero-order valence-electron chi connectivity index (χ0n) is 11.9. The normalized spacial score (nSPS) is 25.7. The lowest BCUT2D eigenvalue weighted by molar-refractivity contribution is 0.402. The highest BCUT2D eigenvalue weighted by Crippen LogP contribution is 2.49. The average molecular weight is 264 g/mol. The van der Waals surface area contributed by atoms with Crippen LogP contribution >= 0.6 is 0 Å². The fourth-order valence-electron chi connectivity index (χ4n) is 3.50. The van der Waals surface area contributed by atoms with E-state index < -0.39 is 0 Å². The van der Waals surface area contributed by atoms with Crippen LogP contribution in [0.1, 0.15) is 57.8 Å². The number of rotatable bonds is 5. The zero-order valence-corrected chi connectivity index (χ0v) is 11.9. The molecule has 3 fully saturated rings. The van der Waals surface area contributed by atoms with Crippen molar-refractivity contribution in [2.45, 2.75) is 63.8 Å². The second-order valence-electron chi connectivity index (χ2n) is 6.65. The Kier molecular flexibility index (Phi) is 4.26. The van der Waals surface area contributed by atoms with Crippen molar-refractivity contribution in [1.29, 1.82) is 0 Å². The van der Waals surface area contributed by atoms with Gasteiger partial charge in [0.25, 0.3) is 0 Å². The quantitative estimate of drug-likeness (QED) is 0.309. The Morgan fingerprint density at radius 2 is 1.63 bits per heavy atom. The maximum Gasteiger partial charge on any atom is 0.205 e. The summed E-state index contributed by atoms with van der Waals surface area (Å²) in [5.41, 5.74) is 2.76. The molecule has 0 saturated heterocycles. The Morgan fingerprint density at radius 1 is 1.00 bits per heavy atom. The summed E-state index contributed by atoms with van der Waals surface area (Å²) in [5.74, 6) is 9.19. The van der Waals surface area contributed by atoms with Crippen molar-refractivity contribution in [3.8, 4) is 0 Å². The van der Waals surface area contributed by atoms with Gasteiger partial charge in [-0.25, -0.2) is 5.84 Å². The van der Waals surface area contributed by atoms with E-state index in [1.165, 1.54) is 57.8 Å². The standard InChI is InChI=1S/C15H28N4/c16-19-15(18-13-4-2-1-3-5-13)17-10-14(11-6-7-11)12-8-9-12/h11-14H,1-10,16H2,(H2,17,18,19). The summed E-state index contributed by atoms with van der Waals surface area (Å²) in [4.78, 5) is 4.73. The van der Waals surface area contributed by atoms with Crippen LogP contribution in [0.4, 0.5) is 0 Å². The molecule has 0 aliphatic heterocycles. The van der Waals surface area contributed by atoms with Crippen LogP contribution in [0.3, 0.4) is 0 Å². The molecule has 3 saturated carbocycles. The van der Waals surface area contributed by atoms with Crippen LogP contribution in [0.15, 0.2) is 4.99 Å². The molecule has 4 heteroatoms. The third-order valence-corrected chi connectivity index (χ3v) is 5.00. The van der Waals surface area contributed by atoms with Crippen LogP contribution in [0.5, 0.6) is 0 Å². The number of hydrogen-bond donors (Lipinski definition) is 3. The van der Waals surface area contributed by atoms with Crippen LogP contribution in [-0.4, -0.2) is 18.5 Å². The van der Waals surface area contributed by atoms with Crippen molar-refractivity contribution < 1.29 is 0 Å². The molecule has 0 atom stereocenters. The smallest absolute Gasteiger partial charge is 0.205 e. The Labute approximate surface area is 116 Å². The van der Waals surface area contributed by atoms with Crippen molar-refractivity contribution in [2.75, 3.05) is 6.54 Å². The first-order chi connectivity index (χ1) is 9.36.